The molecule has 96 valence electrons. The molecule has 0 aliphatic heterocycles. The maximum Gasteiger partial charge on any atom is 0.124 e. The van der Waals surface area contributed by atoms with Gasteiger partial charge in [-0.3, -0.25) is 0 Å². The van der Waals surface area contributed by atoms with Crippen LogP contribution >= 0.6 is 0 Å². The third kappa shape index (κ3) is 4.36. The van der Waals surface area contributed by atoms with Crippen LogP contribution in [0.25, 0.3) is 0 Å². The van der Waals surface area contributed by atoms with Gasteiger partial charge in [0.05, 0.1) is 13.7 Å². The molecule has 1 aromatic carbocycles. The van der Waals surface area contributed by atoms with Gasteiger partial charge in [-0.25, -0.2) is 0 Å². The third-order valence-corrected chi connectivity index (χ3v) is 2.66. The summed E-state index contributed by atoms with van der Waals surface area (Å²) in [5.41, 5.74) is 1.90. The summed E-state index contributed by atoms with van der Waals surface area (Å²) >= 11 is 0. The van der Waals surface area contributed by atoms with Gasteiger partial charge in [-0.2, -0.15) is 0 Å². The van der Waals surface area contributed by atoms with E-state index in [1.165, 1.54) is 0 Å². The molecular formula is C14H22O3. The number of methoxy groups -OCH3 is 1. The van der Waals surface area contributed by atoms with Gasteiger partial charge in [0.15, 0.2) is 0 Å². The summed E-state index contributed by atoms with van der Waals surface area (Å²) in [7, 11) is 1.61. The van der Waals surface area contributed by atoms with Crippen molar-refractivity contribution in [1.29, 1.82) is 0 Å². The van der Waals surface area contributed by atoms with E-state index in [1.807, 2.05) is 25.1 Å². The van der Waals surface area contributed by atoms with Crippen molar-refractivity contribution in [3.8, 4) is 5.75 Å². The Labute approximate surface area is 103 Å². The van der Waals surface area contributed by atoms with Crippen LogP contribution in [-0.2, 0) is 4.74 Å². The van der Waals surface area contributed by atoms with Gasteiger partial charge < -0.3 is 14.6 Å². The lowest BCUT2D eigenvalue weighted by molar-refractivity contribution is 0.0337. The van der Waals surface area contributed by atoms with E-state index in [1.54, 1.807) is 7.11 Å². The molecular weight excluding hydrogens is 216 g/mol. The number of ether oxygens (including phenoxy) is 2. The molecule has 0 spiro atoms. The average molecular weight is 238 g/mol. The Bertz CT molecular complexity index is 336. The molecule has 0 fully saturated rings. The summed E-state index contributed by atoms with van der Waals surface area (Å²) in [5, 5.41) is 10.1. The van der Waals surface area contributed by atoms with Gasteiger partial charge in [0, 0.05) is 12.2 Å². The number of benzene rings is 1. The van der Waals surface area contributed by atoms with Crippen molar-refractivity contribution in [1.82, 2.24) is 0 Å². The minimum Gasteiger partial charge on any atom is -0.496 e. The van der Waals surface area contributed by atoms with Crippen LogP contribution in [0.15, 0.2) is 18.2 Å². The average Bonchev–Trinajstić information content (AvgIpc) is 2.34. The van der Waals surface area contributed by atoms with Crippen molar-refractivity contribution in [3.05, 3.63) is 29.3 Å². The molecule has 1 aromatic rings. The Morgan fingerprint density at radius 2 is 2.12 bits per heavy atom. The van der Waals surface area contributed by atoms with Crippen molar-refractivity contribution in [2.45, 2.75) is 32.8 Å². The monoisotopic (exact) mass is 238 g/mol. The van der Waals surface area contributed by atoms with Crippen LogP contribution in [-0.4, -0.2) is 25.4 Å². The fraction of sp³-hybridized carbons (Fsp3) is 0.571. The Morgan fingerprint density at radius 3 is 2.76 bits per heavy atom. The molecule has 3 nitrogen and oxygen atoms in total. The highest BCUT2D eigenvalue weighted by Crippen LogP contribution is 2.26. The molecule has 1 unspecified atom stereocenters. The van der Waals surface area contributed by atoms with Crippen LogP contribution in [0.4, 0.5) is 0 Å². The first-order chi connectivity index (χ1) is 8.19. The fourth-order valence-corrected chi connectivity index (χ4v) is 1.65. The summed E-state index contributed by atoms with van der Waals surface area (Å²) < 4.78 is 10.7. The smallest absolute Gasteiger partial charge is 0.124 e. The first-order valence-electron chi connectivity index (χ1n) is 6.09. The number of aliphatic hydroxyl groups excluding tert-OH is 1. The zero-order valence-corrected chi connectivity index (χ0v) is 10.9. The molecule has 0 radical (unpaired) electrons. The van der Waals surface area contributed by atoms with Gasteiger partial charge in [0.2, 0.25) is 0 Å². The van der Waals surface area contributed by atoms with Gasteiger partial charge >= 0.3 is 0 Å². The SMILES string of the molecule is CCCCOCC(O)c1cc(C)ccc1OC. The lowest BCUT2D eigenvalue weighted by Crippen LogP contribution is -2.09. The Kier molecular flexibility index (Phi) is 6.01. The van der Waals surface area contributed by atoms with E-state index in [4.69, 9.17) is 9.47 Å². The van der Waals surface area contributed by atoms with Gasteiger partial charge in [0.1, 0.15) is 11.9 Å². The number of aliphatic hydroxyl groups is 1. The molecule has 0 aliphatic carbocycles. The Morgan fingerprint density at radius 1 is 1.35 bits per heavy atom. The normalized spacial score (nSPS) is 12.5. The molecule has 1 rings (SSSR count). The van der Waals surface area contributed by atoms with Gasteiger partial charge in [-0.1, -0.05) is 25.0 Å². The van der Waals surface area contributed by atoms with Crippen LogP contribution in [0, 0.1) is 6.92 Å². The summed E-state index contributed by atoms with van der Waals surface area (Å²) in [6.07, 6.45) is 1.50. The minimum absolute atomic E-state index is 0.319. The van der Waals surface area contributed by atoms with Crippen molar-refractivity contribution in [2.75, 3.05) is 20.3 Å². The van der Waals surface area contributed by atoms with E-state index in [0.717, 1.165) is 24.0 Å². The molecule has 0 heterocycles. The van der Waals surface area contributed by atoms with Crippen LogP contribution in [0.1, 0.15) is 37.0 Å². The van der Waals surface area contributed by atoms with E-state index in [0.29, 0.717) is 19.0 Å². The van der Waals surface area contributed by atoms with Crippen molar-refractivity contribution < 1.29 is 14.6 Å². The third-order valence-electron chi connectivity index (χ3n) is 2.66. The summed E-state index contributed by atoms with van der Waals surface area (Å²) in [5.74, 6) is 0.710. The number of rotatable bonds is 7. The highest BCUT2D eigenvalue weighted by atomic mass is 16.5. The molecule has 0 amide bonds. The number of unbranched alkanes of at least 4 members (excludes halogenated alkanes) is 1. The van der Waals surface area contributed by atoms with Crippen LogP contribution < -0.4 is 4.74 Å². The van der Waals surface area contributed by atoms with E-state index < -0.39 is 6.10 Å². The lowest BCUT2D eigenvalue weighted by Gasteiger charge is -2.15. The molecule has 0 saturated heterocycles. The highest BCUT2D eigenvalue weighted by Gasteiger charge is 2.13. The summed E-state index contributed by atoms with van der Waals surface area (Å²) in [6, 6.07) is 5.78. The molecule has 17 heavy (non-hydrogen) atoms. The van der Waals surface area contributed by atoms with E-state index in [9.17, 15) is 5.11 Å². The largest absolute Gasteiger partial charge is 0.496 e. The molecule has 1 atom stereocenters. The van der Waals surface area contributed by atoms with Crippen LogP contribution in [0.5, 0.6) is 5.75 Å². The lowest BCUT2D eigenvalue weighted by atomic mass is 10.1. The Hall–Kier alpha value is -1.06. The predicted octanol–water partition coefficient (Wildman–Crippen LogP) is 2.85. The molecule has 0 aromatic heterocycles. The van der Waals surface area contributed by atoms with E-state index >= 15 is 0 Å². The molecule has 0 aliphatic rings. The highest BCUT2D eigenvalue weighted by molar-refractivity contribution is 5.38. The van der Waals surface area contributed by atoms with E-state index in [-0.39, 0.29) is 0 Å². The predicted molar refractivity (Wildman–Crippen MR) is 68.4 cm³/mol. The maximum absolute atomic E-state index is 10.1. The standard InChI is InChI=1S/C14H22O3/c1-4-5-8-17-10-13(15)12-9-11(2)6-7-14(12)16-3/h6-7,9,13,15H,4-5,8,10H2,1-3H3. The van der Waals surface area contributed by atoms with Gasteiger partial charge in [-0.15, -0.1) is 0 Å². The second-order valence-electron chi connectivity index (χ2n) is 4.19. The summed E-state index contributed by atoms with van der Waals surface area (Å²) in [4.78, 5) is 0. The topological polar surface area (TPSA) is 38.7 Å². The number of hydrogen-bond acceptors (Lipinski definition) is 3. The van der Waals surface area contributed by atoms with Crippen molar-refractivity contribution in [2.24, 2.45) is 0 Å². The van der Waals surface area contributed by atoms with Crippen LogP contribution in [0.2, 0.25) is 0 Å². The molecule has 3 heteroatoms. The minimum atomic E-state index is -0.623. The summed E-state index contributed by atoms with van der Waals surface area (Å²) in [6.45, 7) is 5.12. The molecule has 0 bridgehead atoms. The van der Waals surface area contributed by atoms with Crippen molar-refractivity contribution >= 4 is 0 Å². The van der Waals surface area contributed by atoms with Gasteiger partial charge in [0.25, 0.3) is 0 Å². The van der Waals surface area contributed by atoms with Crippen molar-refractivity contribution in [3.63, 3.8) is 0 Å². The number of hydrogen-bond donors (Lipinski definition) is 1. The van der Waals surface area contributed by atoms with Gasteiger partial charge in [-0.05, 0) is 25.5 Å². The maximum atomic E-state index is 10.1. The first kappa shape index (κ1) is 14.0. The molecule has 1 N–H and O–H groups in total. The van der Waals surface area contributed by atoms with E-state index in [2.05, 4.69) is 6.92 Å². The second-order valence-corrected chi connectivity index (χ2v) is 4.19. The Balaban J connectivity index is 2.60. The zero-order valence-electron chi connectivity index (χ0n) is 10.9. The molecule has 0 saturated carbocycles. The second kappa shape index (κ2) is 7.30. The quantitative estimate of drug-likeness (QED) is 0.742. The number of aryl methyl sites for hydroxylation is 1. The van der Waals surface area contributed by atoms with Crippen LogP contribution in [0.3, 0.4) is 0 Å². The zero-order chi connectivity index (χ0) is 12.7. The fourth-order valence-electron chi connectivity index (χ4n) is 1.65. The first-order valence-corrected chi connectivity index (χ1v) is 6.09.